The van der Waals surface area contributed by atoms with Crippen LogP contribution in [-0.4, -0.2) is 25.5 Å². The van der Waals surface area contributed by atoms with Crippen LogP contribution >= 0.6 is 15.9 Å². The molecule has 2 heterocycles. The van der Waals surface area contributed by atoms with Crippen molar-refractivity contribution in [1.29, 1.82) is 0 Å². The number of amides is 1. The molecular formula is C19H24BrN5O. The Labute approximate surface area is 161 Å². The second-order valence-corrected chi connectivity index (χ2v) is 9.41. The lowest BCUT2D eigenvalue weighted by Gasteiger charge is -2.56. The van der Waals surface area contributed by atoms with E-state index in [1.165, 1.54) is 38.5 Å². The van der Waals surface area contributed by atoms with Crippen molar-refractivity contribution < 1.29 is 4.79 Å². The molecule has 2 aromatic rings. The van der Waals surface area contributed by atoms with Crippen molar-refractivity contribution in [1.82, 2.24) is 19.6 Å². The van der Waals surface area contributed by atoms with Crippen LogP contribution in [-0.2, 0) is 12.6 Å². The minimum atomic E-state index is -0.185. The van der Waals surface area contributed by atoms with Crippen LogP contribution in [0.25, 0.3) is 0 Å². The van der Waals surface area contributed by atoms with Crippen molar-refractivity contribution in [2.45, 2.75) is 51.0 Å². The van der Waals surface area contributed by atoms with Crippen LogP contribution in [0, 0.1) is 24.7 Å². The average Bonchev–Trinajstić information content (AvgIpc) is 3.11. The Balaban J connectivity index is 1.38. The molecule has 4 aliphatic carbocycles. The predicted octanol–water partition coefficient (Wildman–Crippen LogP) is 3.87. The van der Waals surface area contributed by atoms with E-state index in [-0.39, 0.29) is 11.4 Å². The van der Waals surface area contributed by atoms with Gasteiger partial charge in [-0.1, -0.05) is 0 Å². The fourth-order valence-electron chi connectivity index (χ4n) is 6.05. The number of rotatable bonds is 3. The van der Waals surface area contributed by atoms with Gasteiger partial charge in [0.05, 0.1) is 15.7 Å². The Morgan fingerprint density at radius 2 is 1.81 bits per heavy atom. The molecule has 4 aliphatic rings. The number of aromatic nitrogens is 4. The Hall–Kier alpha value is -1.63. The number of carbonyl (C=O) groups excluding carboxylic acids is 1. The maximum absolute atomic E-state index is 12.7. The van der Waals surface area contributed by atoms with Gasteiger partial charge in [-0.2, -0.15) is 10.2 Å². The molecule has 0 unspecified atom stereocenters. The monoisotopic (exact) mass is 417 g/mol. The third kappa shape index (κ3) is 2.47. The highest BCUT2D eigenvalue weighted by molar-refractivity contribution is 9.10. The molecule has 0 aliphatic heterocycles. The molecule has 0 saturated heterocycles. The first kappa shape index (κ1) is 16.5. The van der Waals surface area contributed by atoms with Gasteiger partial charge in [0, 0.05) is 19.3 Å². The standard InChI is InChI=1S/C19H24BrN5O/c1-11-16(20)17(24(2)22-11)18(26)21-15-3-4-25(23-15)19-8-12-5-13(9-19)7-14(6-12)10-19/h3-4,12-14H,5-10H2,1-2H3,(H,21,23,26). The third-order valence-electron chi connectivity index (χ3n) is 6.69. The van der Waals surface area contributed by atoms with Crippen molar-refractivity contribution in [2.75, 3.05) is 5.32 Å². The van der Waals surface area contributed by atoms with Gasteiger partial charge in [0.25, 0.3) is 5.91 Å². The van der Waals surface area contributed by atoms with Gasteiger partial charge in [0.15, 0.2) is 5.82 Å². The van der Waals surface area contributed by atoms with Crippen LogP contribution in [0.15, 0.2) is 16.7 Å². The zero-order chi connectivity index (χ0) is 18.1. The summed E-state index contributed by atoms with van der Waals surface area (Å²) in [6.45, 7) is 1.88. The van der Waals surface area contributed by atoms with Crippen LogP contribution in [0.2, 0.25) is 0 Å². The molecule has 1 amide bonds. The second kappa shape index (κ2) is 5.68. The summed E-state index contributed by atoms with van der Waals surface area (Å²) in [4.78, 5) is 12.7. The molecule has 0 aromatic carbocycles. The van der Waals surface area contributed by atoms with Crippen LogP contribution in [0.5, 0.6) is 0 Å². The van der Waals surface area contributed by atoms with Gasteiger partial charge < -0.3 is 5.32 Å². The Morgan fingerprint density at radius 3 is 2.35 bits per heavy atom. The Bertz CT molecular complexity index is 847. The molecule has 1 N–H and O–H groups in total. The van der Waals surface area contributed by atoms with Gasteiger partial charge in [0.2, 0.25) is 0 Å². The maximum atomic E-state index is 12.7. The number of nitrogens with one attached hydrogen (secondary N) is 1. The van der Waals surface area contributed by atoms with E-state index in [2.05, 4.69) is 37.2 Å². The first-order chi connectivity index (χ1) is 12.4. The summed E-state index contributed by atoms with van der Waals surface area (Å²) in [5.74, 6) is 3.05. The van der Waals surface area contributed by atoms with Gasteiger partial charge in [0.1, 0.15) is 5.69 Å². The SMILES string of the molecule is Cc1nn(C)c(C(=O)Nc2ccn(C34CC5CC(CC(C5)C3)C4)n2)c1Br. The van der Waals surface area contributed by atoms with Crippen LogP contribution < -0.4 is 5.32 Å². The zero-order valence-electron chi connectivity index (χ0n) is 15.2. The molecule has 26 heavy (non-hydrogen) atoms. The maximum Gasteiger partial charge on any atom is 0.276 e. The molecule has 4 saturated carbocycles. The molecule has 6 nitrogen and oxygen atoms in total. The van der Waals surface area contributed by atoms with E-state index in [1.807, 2.05) is 13.0 Å². The number of halogens is 1. The Morgan fingerprint density at radius 1 is 1.19 bits per heavy atom. The number of anilines is 1. The van der Waals surface area contributed by atoms with Crippen molar-refractivity contribution in [3.8, 4) is 0 Å². The lowest BCUT2D eigenvalue weighted by Crippen LogP contribution is -2.52. The molecule has 4 bridgehead atoms. The first-order valence-corrected chi connectivity index (χ1v) is 10.3. The van der Waals surface area contributed by atoms with E-state index in [0.717, 1.165) is 27.9 Å². The summed E-state index contributed by atoms with van der Waals surface area (Å²) < 4.78 is 4.50. The third-order valence-corrected chi connectivity index (χ3v) is 7.64. The van der Waals surface area contributed by atoms with Gasteiger partial charge >= 0.3 is 0 Å². The minimum absolute atomic E-state index is 0.182. The van der Waals surface area contributed by atoms with Crippen molar-refractivity contribution in [3.05, 3.63) is 28.1 Å². The average molecular weight is 418 g/mol. The topological polar surface area (TPSA) is 64.7 Å². The molecule has 0 spiro atoms. The summed E-state index contributed by atoms with van der Waals surface area (Å²) in [5.41, 5.74) is 1.50. The van der Waals surface area contributed by atoms with Crippen LogP contribution in [0.1, 0.15) is 54.7 Å². The first-order valence-electron chi connectivity index (χ1n) is 9.50. The summed E-state index contributed by atoms with van der Waals surface area (Å²) in [5, 5.41) is 12.0. The van der Waals surface area contributed by atoms with E-state index in [9.17, 15) is 4.79 Å². The molecule has 2 aromatic heterocycles. The lowest BCUT2D eigenvalue weighted by atomic mass is 9.53. The number of carbonyl (C=O) groups is 1. The fraction of sp³-hybridized carbons (Fsp3) is 0.632. The summed E-state index contributed by atoms with van der Waals surface area (Å²) in [6.07, 6.45) is 10.1. The summed E-state index contributed by atoms with van der Waals surface area (Å²) >= 11 is 3.46. The van der Waals surface area contributed by atoms with Crippen LogP contribution in [0.4, 0.5) is 5.82 Å². The number of nitrogens with zero attached hydrogens (tertiary/aromatic N) is 4. The summed E-state index contributed by atoms with van der Waals surface area (Å²) in [7, 11) is 1.78. The van der Waals surface area contributed by atoms with E-state index in [0.29, 0.717) is 11.5 Å². The van der Waals surface area contributed by atoms with Gasteiger partial charge in [-0.15, -0.1) is 0 Å². The molecular weight excluding hydrogens is 394 g/mol. The van der Waals surface area contributed by atoms with E-state index < -0.39 is 0 Å². The zero-order valence-corrected chi connectivity index (χ0v) is 16.8. The molecule has 0 radical (unpaired) electrons. The van der Waals surface area contributed by atoms with E-state index in [1.54, 1.807) is 11.7 Å². The highest BCUT2D eigenvalue weighted by Crippen LogP contribution is 2.58. The summed E-state index contributed by atoms with van der Waals surface area (Å²) in [6, 6.07) is 1.92. The second-order valence-electron chi connectivity index (χ2n) is 8.61. The van der Waals surface area contributed by atoms with Crippen molar-refractivity contribution >= 4 is 27.7 Å². The Kier molecular flexibility index (Phi) is 3.61. The molecule has 7 heteroatoms. The van der Waals surface area contributed by atoms with Crippen molar-refractivity contribution in [2.24, 2.45) is 24.8 Å². The number of hydrogen-bond acceptors (Lipinski definition) is 3. The van der Waals surface area contributed by atoms with Gasteiger partial charge in [-0.3, -0.25) is 14.2 Å². The number of hydrogen-bond donors (Lipinski definition) is 1. The van der Waals surface area contributed by atoms with E-state index in [4.69, 9.17) is 5.10 Å². The molecule has 4 fully saturated rings. The fourth-order valence-corrected chi connectivity index (χ4v) is 6.57. The highest BCUT2D eigenvalue weighted by atomic mass is 79.9. The van der Waals surface area contributed by atoms with Crippen molar-refractivity contribution in [3.63, 3.8) is 0 Å². The minimum Gasteiger partial charge on any atom is -0.304 e. The van der Waals surface area contributed by atoms with Gasteiger partial charge in [-0.05, 0) is 79.1 Å². The lowest BCUT2D eigenvalue weighted by molar-refractivity contribution is -0.0492. The molecule has 138 valence electrons. The largest absolute Gasteiger partial charge is 0.304 e. The normalized spacial score (nSPS) is 32.2. The number of aryl methyl sites for hydroxylation is 2. The quantitative estimate of drug-likeness (QED) is 0.823. The highest BCUT2D eigenvalue weighted by Gasteiger charge is 2.52. The molecule has 0 atom stereocenters. The molecule has 6 rings (SSSR count). The van der Waals surface area contributed by atoms with E-state index >= 15 is 0 Å². The van der Waals surface area contributed by atoms with Gasteiger partial charge in [-0.25, -0.2) is 0 Å². The smallest absolute Gasteiger partial charge is 0.276 e. The van der Waals surface area contributed by atoms with Crippen LogP contribution in [0.3, 0.4) is 0 Å². The predicted molar refractivity (Wildman–Crippen MR) is 102 cm³/mol.